The number of ether oxygens (including phenoxy) is 1. The van der Waals surface area contributed by atoms with Crippen LogP contribution in [0.15, 0.2) is 24.3 Å². The van der Waals surface area contributed by atoms with E-state index in [2.05, 4.69) is 5.32 Å². The second-order valence-corrected chi connectivity index (χ2v) is 9.24. The Hall–Kier alpha value is -1.95. The van der Waals surface area contributed by atoms with E-state index in [4.69, 9.17) is 10.5 Å². The van der Waals surface area contributed by atoms with Gasteiger partial charge in [-0.3, -0.25) is 0 Å². The Balaban J connectivity index is 1.17. The van der Waals surface area contributed by atoms with Crippen molar-refractivity contribution in [3.8, 4) is 0 Å². The number of carbonyl (C=O) groups is 1. The lowest BCUT2D eigenvalue weighted by atomic mass is 9.53. The zero-order valence-electron chi connectivity index (χ0n) is 15.6. The number of hydrogen-bond acceptors (Lipinski definition) is 5. The van der Waals surface area contributed by atoms with E-state index >= 15 is 0 Å². The molecular formula is C21H29N3O3. The van der Waals surface area contributed by atoms with Crippen molar-refractivity contribution in [2.75, 3.05) is 24.1 Å². The predicted molar refractivity (Wildman–Crippen MR) is 103 cm³/mol. The molecule has 0 radical (unpaired) electrons. The van der Waals surface area contributed by atoms with E-state index in [1.807, 2.05) is 29.2 Å². The van der Waals surface area contributed by atoms with Crippen molar-refractivity contribution in [3.05, 3.63) is 24.3 Å². The molecule has 1 heterocycles. The van der Waals surface area contributed by atoms with Gasteiger partial charge in [-0.25, -0.2) is 4.79 Å². The molecule has 4 saturated carbocycles. The average Bonchev–Trinajstić information content (AvgIpc) is 3.07. The first kappa shape index (κ1) is 17.2. The van der Waals surface area contributed by atoms with Crippen LogP contribution >= 0.6 is 0 Å². The van der Waals surface area contributed by atoms with Crippen LogP contribution in [-0.4, -0.2) is 46.9 Å². The van der Waals surface area contributed by atoms with Crippen LogP contribution in [0, 0.1) is 17.8 Å². The molecule has 0 spiro atoms. The molecule has 1 amide bonds. The van der Waals surface area contributed by atoms with Crippen molar-refractivity contribution < 1.29 is 14.6 Å². The topological polar surface area (TPSA) is 87.8 Å². The van der Waals surface area contributed by atoms with Crippen LogP contribution in [0.2, 0.25) is 0 Å². The predicted octanol–water partition coefficient (Wildman–Crippen LogP) is 2.83. The molecule has 6 nitrogen and oxygen atoms in total. The number of nitrogens with zero attached hydrogens (tertiary/aromatic N) is 1. The van der Waals surface area contributed by atoms with Crippen molar-refractivity contribution in [3.63, 3.8) is 0 Å². The molecule has 6 heteroatoms. The van der Waals surface area contributed by atoms with Gasteiger partial charge in [-0.05, 0) is 80.5 Å². The molecule has 1 aliphatic heterocycles. The number of nitrogens with two attached hydrogens (primary N) is 1. The number of anilines is 2. The summed E-state index contributed by atoms with van der Waals surface area (Å²) >= 11 is 0. The highest BCUT2D eigenvalue weighted by atomic mass is 16.6. The Morgan fingerprint density at radius 3 is 2.56 bits per heavy atom. The zero-order valence-corrected chi connectivity index (χ0v) is 15.6. The Bertz CT molecular complexity index is 706. The smallest absolute Gasteiger partial charge is 0.410 e. The molecule has 0 aromatic heterocycles. The maximum absolute atomic E-state index is 12.8. The monoisotopic (exact) mass is 371 g/mol. The van der Waals surface area contributed by atoms with Crippen molar-refractivity contribution in [1.82, 2.24) is 4.90 Å². The first-order valence-corrected chi connectivity index (χ1v) is 10.3. The normalized spacial score (nSPS) is 39.6. The number of likely N-dealkylation sites (tertiary alicyclic amines) is 1. The second kappa shape index (κ2) is 6.30. The minimum atomic E-state index is -0.485. The Kier molecular flexibility index (Phi) is 4.00. The van der Waals surface area contributed by atoms with Crippen LogP contribution in [0.3, 0.4) is 0 Å². The van der Waals surface area contributed by atoms with E-state index in [-0.39, 0.29) is 18.2 Å². The lowest BCUT2D eigenvalue weighted by Gasteiger charge is -2.57. The molecule has 1 aromatic rings. The zero-order chi connectivity index (χ0) is 18.6. The quantitative estimate of drug-likeness (QED) is 0.711. The van der Waals surface area contributed by atoms with Crippen molar-refractivity contribution >= 4 is 17.5 Å². The van der Waals surface area contributed by atoms with Gasteiger partial charge in [0.2, 0.25) is 0 Å². The molecule has 3 atom stereocenters. The Labute approximate surface area is 160 Å². The molecule has 6 rings (SSSR count). The van der Waals surface area contributed by atoms with Gasteiger partial charge in [0.1, 0.15) is 6.10 Å². The lowest BCUT2D eigenvalue weighted by molar-refractivity contribution is -0.177. The van der Waals surface area contributed by atoms with E-state index in [0.717, 1.165) is 56.4 Å². The SMILES string of the molecule is Nc1ccc(N[C@@H]2CCN(C(=O)OC3C4CC5CC3CC(O)(C5)C4)C2)cc1. The maximum Gasteiger partial charge on any atom is 0.410 e. The molecule has 27 heavy (non-hydrogen) atoms. The summed E-state index contributed by atoms with van der Waals surface area (Å²) < 4.78 is 6.00. The third-order valence-corrected chi connectivity index (χ3v) is 7.12. The van der Waals surface area contributed by atoms with Gasteiger partial charge in [-0.15, -0.1) is 0 Å². The van der Waals surface area contributed by atoms with Gasteiger partial charge >= 0.3 is 6.09 Å². The molecular weight excluding hydrogens is 342 g/mol. The third-order valence-electron chi connectivity index (χ3n) is 7.12. The summed E-state index contributed by atoms with van der Waals surface area (Å²) in [5.74, 6) is 1.32. The fourth-order valence-electron chi connectivity index (χ4n) is 6.18. The van der Waals surface area contributed by atoms with Crippen molar-refractivity contribution in [2.24, 2.45) is 17.8 Å². The van der Waals surface area contributed by atoms with Crippen LogP contribution in [0.25, 0.3) is 0 Å². The molecule has 1 aromatic carbocycles. The van der Waals surface area contributed by atoms with Crippen LogP contribution in [0.5, 0.6) is 0 Å². The summed E-state index contributed by atoms with van der Waals surface area (Å²) in [4.78, 5) is 14.6. The summed E-state index contributed by atoms with van der Waals surface area (Å²) in [6.07, 6.45) is 5.51. The third kappa shape index (κ3) is 3.24. The molecule has 1 saturated heterocycles. The average molecular weight is 371 g/mol. The van der Waals surface area contributed by atoms with Gasteiger partial charge in [0.15, 0.2) is 0 Å². The van der Waals surface area contributed by atoms with E-state index in [9.17, 15) is 9.90 Å². The standard InChI is InChI=1S/C21H29N3O3/c22-16-1-3-17(4-2-16)23-18-5-6-24(12-18)20(25)27-19-14-7-13-8-15(19)11-21(26,9-13)10-14/h1-4,13-15,18-19,23,26H,5-12,22H2/t13?,14?,15?,18-,19?,21?/m1/s1. The molecule has 5 fully saturated rings. The Morgan fingerprint density at radius 1 is 1.19 bits per heavy atom. The van der Waals surface area contributed by atoms with Gasteiger partial charge in [-0.2, -0.15) is 0 Å². The molecule has 4 bridgehead atoms. The van der Waals surface area contributed by atoms with E-state index in [1.165, 1.54) is 0 Å². The van der Waals surface area contributed by atoms with Crippen LogP contribution in [0.4, 0.5) is 16.2 Å². The van der Waals surface area contributed by atoms with E-state index in [0.29, 0.717) is 24.3 Å². The van der Waals surface area contributed by atoms with Gasteiger partial charge < -0.3 is 25.8 Å². The molecule has 146 valence electrons. The molecule has 5 aliphatic rings. The van der Waals surface area contributed by atoms with Gasteiger partial charge in [0.25, 0.3) is 0 Å². The van der Waals surface area contributed by atoms with E-state index < -0.39 is 5.60 Å². The van der Waals surface area contributed by atoms with E-state index in [1.54, 1.807) is 0 Å². The number of hydrogen-bond donors (Lipinski definition) is 3. The summed E-state index contributed by atoms with van der Waals surface area (Å²) in [5.41, 5.74) is 7.02. The first-order valence-electron chi connectivity index (χ1n) is 10.3. The van der Waals surface area contributed by atoms with Crippen LogP contribution in [-0.2, 0) is 4.74 Å². The highest BCUT2D eigenvalue weighted by Gasteiger charge is 2.56. The van der Waals surface area contributed by atoms with Crippen molar-refractivity contribution in [1.29, 1.82) is 0 Å². The number of nitrogens with one attached hydrogen (secondary N) is 1. The summed E-state index contributed by atoms with van der Waals surface area (Å²) in [6, 6.07) is 7.93. The molecule has 2 unspecified atom stereocenters. The van der Waals surface area contributed by atoms with Crippen LogP contribution < -0.4 is 11.1 Å². The van der Waals surface area contributed by atoms with Gasteiger partial charge in [0.05, 0.1) is 5.60 Å². The number of aliphatic hydroxyl groups is 1. The number of carbonyl (C=O) groups excluding carboxylic acids is 1. The number of rotatable bonds is 3. The second-order valence-electron chi connectivity index (χ2n) is 9.24. The fourth-order valence-corrected chi connectivity index (χ4v) is 6.18. The number of nitrogen functional groups attached to an aromatic ring is 1. The molecule has 4 aliphatic carbocycles. The summed E-state index contributed by atoms with van der Waals surface area (Å²) in [6.45, 7) is 1.39. The highest BCUT2D eigenvalue weighted by molar-refractivity contribution is 5.68. The highest BCUT2D eigenvalue weighted by Crippen LogP contribution is 2.56. The van der Waals surface area contributed by atoms with Gasteiger partial charge in [-0.1, -0.05) is 0 Å². The Morgan fingerprint density at radius 2 is 1.89 bits per heavy atom. The fraction of sp³-hybridized carbons (Fsp3) is 0.667. The first-order chi connectivity index (χ1) is 13.0. The number of amides is 1. The maximum atomic E-state index is 12.8. The number of benzene rings is 1. The van der Waals surface area contributed by atoms with Gasteiger partial charge in [0, 0.05) is 30.5 Å². The molecule has 4 N–H and O–H groups in total. The van der Waals surface area contributed by atoms with Crippen molar-refractivity contribution in [2.45, 2.75) is 56.3 Å². The largest absolute Gasteiger partial charge is 0.446 e. The summed E-state index contributed by atoms with van der Waals surface area (Å²) in [7, 11) is 0. The van der Waals surface area contributed by atoms with Crippen LogP contribution in [0.1, 0.15) is 38.5 Å². The summed E-state index contributed by atoms with van der Waals surface area (Å²) in [5, 5.41) is 14.2. The minimum Gasteiger partial charge on any atom is -0.446 e. The lowest BCUT2D eigenvalue weighted by Crippen LogP contribution is -2.58. The minimum absolute atomic E-state index is 0.00145.